The largest absolute Gasteiger partial charge is 0.503 e. The fourth-order valence-corrected chi connectivity index (χ4v) is 7.16. The van der Waals surface area contributed by atoms with E-state index in [4.69, 9.17) is 37.1 Å². The molecule has 1 aliphatic rings. The van der Waals surface area contributed by atoms with Gasteiger partial charge in [-0.15, -0.1) is 10.2 Å². The predicted octanol–water partition coefficient (Wildman–Crippen LogP) is 7.68. The van der Waals surface area contributed by atoms with Gasteiger partial charge < -0.3 is 19.0 Å². The van der Waals surface area contributed by atoms with Crippen molar-refractivity contribution >= 4 is 74.1 Å². The number of methoxy groups -OCH3 is 2. The van der Waals surface area contributed by atoms with Gasteiger partial charge >= 0.3 is 0 Å². The molecule has 0 aliphatic carbocycles. The molecule has 0 fully saturated rings. The Morgan fingerprint density at radius 2 is 1.84 bits per heavy atom. The summed E-state index contributed by atoms with van der Waals surface area (Å²) in [6, 6.07) is 17.9. The van der Waals surface area contributed by atoms with Gasteiger partial charge in [-0.1, -0.05) is 76.6 Å². The van der Waals surface area contributed by atoms with E-state index in [0.717, 1.165) is 16.9 Å². The number of anilines is 1. The normalized spacial score (nSPS) is 15.0. The first kappa shape index (κ1) is 29.1. The standard InChI is InChI=1S/C30H21Cl2N3O6S2/c1-39-21-10-8-16(12-22(21)40-2)25-24(26(36)23-11-15-5-3-4-6-20(15)41-23)27(37)28(38)35(25)29-33-34-30(43-29)42-14-17-7-9-18(31)13-19(17)32/h3-13,25,37H,14H2,1-2H3. The van der Waals surface area contributed by atoms with Crippen LogP contribution in [0.15, 0.2) is 86.8 Å². The Balaban J connectivity index is 1.39. The highest BCUT2D eigenvalue weighted by atomic mass is 35.5. The van der Waals surface area contributed by atoms with Gasteiger partial charge in [0, 0.05) is 21.2 Å². The highest BCUT2D eigenvalue weighted by Gasteiger charge is 2.47. The number of benzene rings is 3. The molecule has 5 aromatic rings. The lowest BCUT2D eigenvalue weighted by atomic mass is 9.95. The average molecular weight is 655 g/mol. The number of furan rings is 1. The second-order valence-corrected chi connectivity index (χ2v) is 12.3. The molecule has 3 heterocycles. The number of hydrogen-bond donors (Lipinski definition) is 1. The number of rotatable bonds is 9. The van der Waals surface area contributed by atoms with Gasteiger partial charge in [-0.2, -0.15) is 0 Å². The number of hydrogen-bond acceptors (Lipinski definition) is 10. The molecule has 0 spiro atoms. The van der Waals surface area contributed by atoms with Gasteiger partial charge in [0.15, 0.2) is 27.4 Å². The van der Waals surface area contributed by atoms with Gasteiger partial charge in [-0.3, -0.25) is 14.5 Å². The molecule has 1 N–H and O–H groups in total. The van der Waals surface area contributed by atoms with Crippen molar-refractivity contribution in [1.29, 1.82) is 0 Å². The first-order chi connectivity index (χ1) is 20.8. The number of carbonyl (C=O) groups excluding carboxylic acids is 2. The Kier molecular flexibility index (Phi) is 8.06. The Labute approximate surface area is 263 Å². The van der Waals surface area contributed by atoms with Gasteiger partial charge in [0.2, 0.25) is 10.9 Å². The summed E-state index contributed by atoms with van der Waals surface area (Å²) in [5.74, 6) is -0.845. The van der Waals surface area contributed by atoms with Crippen LogP contribution in [0.3, 0.4) is 0 Å². The van der Waals surface area contributed by atoms with E-state index in [9.17, 15) is 14.7 Å². The number of para-hydroxylation sites is 1. The van der Waals surface area contributed by atoms with Crippen molar-refractivity contribution < 1.29 is 28.6 Å². The summed E-state index contributed by atoms with van der Waals surface area (Å²) < 4.78 is 17.2. The molecule has 0 saturated heterocycles. The van der Waals surface area contributed by atoms with Gasteiger partial charge in [0.05, 0.1) is 25.8 Å². The summed E-state index contributed by atoms with van der Waals surface area (Å²) >= 11 is 14.8. The third kappa shape index (κ3) is 5.45. The summed E-state index contributed by atoms with van der Waals surface area (Å²) in [6.45, 7) is 0. The van der Waals surface area contributed by atoms with Crippen molar-refractivity contribution in [2.45, 2.75) is 16.1 Å². The number of aromatic nitrogens is 2. The highest BCUT2D eigenvalue weighted by molar-refractivity contribution is 8.00. The van der Waals surface area contributed by atoms with Crippen LogP contribution in [0, 0.1) is 0 Å². The maximum atomic E-state index is 13.9. The smallest absolute Gasteiger partial charge is 0.296 e. The fourth-order valence-electron chi connectivity index (χ4n) is 4.74. The minimum atomic E-state index is -1.07. The number of carbonyl (C=O) groups is 2. The minimum absolute atomic E-state index is 0.0174. The van der Waals surface area contributed by atoms with Crippen LogP contribution in [-0.4, -0.2) is 41.2 Å². The van der Waals surface area contributed by atoms with E-state index in [0.29, 0.717) is 48.2 Å². The number of amides is 1. The van der Waals surface area contributed by atoms with E-state index in [-0.39, 0.29) is 16.5 Å². The number of nitrogens with zero attached hydrogens (tertiary/aromatic N) is 3. The molecule has 13 heteroatoms. The summed E-state index contributed by atoms with van der Waals surface area (Å²) in [5, 5.41) is 21.6. The molecule has 1 unspecified atom stereocenters. The van der Waals surface area contributed by atoms with E-state index in [2.05, 4.69) is 10.2 Å². The first-order valence-electron chi connectivity index (χ1n) is 12.7. The summed E-state index contributed by atoms with van der Waals surface area (Å²) in [7, 11) is 2.98. The van der Waals surface area contributed by atoms with Crippen molar-refractivity contribution in [3.05, 3.63) is 105 Å². The van der Waals surface area contributed by atoms with Crippen LogP contribution in [0.25, 0.3) is 11.0 Å². The molecule has 1 aliphatic heterocycles. The third-order valence-electron chi connectivity index (χ3n) is 6.79. The summed E-state index contributed by atoms with van der Waals surface area (Å²) in [4.78, 5) is 28.8. The number of fused-ring (bicyclic) bond motifs is 1. The topological polar surface area (TPSA) is 115 Å². The number of ketones is 1. The summed E-state index contributed by atoms with van der Waals surface area (Å²) in [6.07, 6.45) is 0. The van der Waals surface area contributed by atoms with Crippen molar-refractivity contribution in [1.82, 2.24) is 10.2 Å². The van der Waals surface area contributed by atoms with Crippen LogP contribution in [0.1, 0.15) is 27.7 Å². The number of aliphatic hydroxyl groups is 1. The lowest BCUT2D eigenvalue weighted by molar-refractivity contribution is -0.117. The van der Waals surface area contributed by atoms with Crippen molar-refractivity contribution in [2.24, 2.45) is 0 Å². The summed E-state index contributed by atoms with van der Waals surface area (Å²) in [5.41, 5.74) is 1.67. The lowest BCUT2D eigenvalue weighted by Crippen LogP contribution is -2.31. The maximum absolute atomic E-state index is 13.9. The number of Topliss-reactive ketones (excluding diaryl/α,β-unsaturated/α-hetero) is 1. The van der Waals surface area contributed by atoms with Gasteiger partial charge in [0.25, 0.3) is 5.91 Å². The van der Waals surface area contributed by atoms with Crippen LogP contribution in [0.4, 0.5) is 5.13 Å². The van der Waals surface area contributed by atoms with Crippen LogP contribution < -0.4 is 14.4 Å². The van der Waals surface area contributed by atoms with Crippen molar-refractivity contribution in [3.8, 4) is 11.5 Å². The van der Waals surface area contributed by atoms with Crippen LogP contribution in [0.2, 0.25) is 10.0 Å². The Morgan fingerprint density at radius 1 is 1.05 bits per heavy atom. The molecule has 0 saturated carbocycles. The lowest BCUT2D eigenvalue weighted by Gasteiger charge is -2.24. The molecule has 1 amide bonds. The zero-order chi connectivity index (χ0) is 30.2. The van der Waals surface area contributed by atoms with Crippen molar-refractivity contribution in [2.75, 3.05) is 19.1 Å². The molecule has 3 aromatic carbocycles. The maximum Gasteiger partial charge on any atom is 0.296 e. The van der Waals surface area contributed by atoms with Gasteiger partial charge in [-0.05, 0) is 47.5 Å². The predicted molar refractivity (Wildman–Crippen MR) is 166 cm³/mol. The second kappa shape index (κ2) is 11.9. The fraction of sp³-hybridized carbons (Fsp3) is 0.133. The highest BCUT2D eigenvalue weighted by Crippen LogP contribution is 2.46. The molecule has 1 atom stereocenters. The van der Waals surface area contributed by atoms with E-state index in [1.54, 1.807) is 54.6 Å². The van der Waals surface area contributed by atoms with E-state index < -0.39 is 23.5 Å². The van der Waals surface area contributed by atoms with Crippen LogP contribution in [-0.2, 0) is 10.5 Å². The van der Waals surface area contributed by atoms with Crippen molar-refractivity contribution in [3.63, 3.8) is 0 Å². The Bertz CT molecular complexity index is 1890. The number of aliphatic hydroxyl groups excluding tert-OH is 1. The zero-order valence-electron chi connectivity index (χ0n) is 22.5. The molecule has 0 radical (unpaired) electrons. The molecule has 2 aromatic heterocycles. The SMILES string of the molecule is COc1ccc(C2C(C(=O)c3cc4ccccc4o3)=C(O)C(=O)N2c2nnc(SCc3ccc(Cl)cc3Cl)s2)cc1OC. The van der Waals surface area contributed by atoms with Gasteiger partial charge in [-0.25, -0.2) is 0 Å². The van der Waals surface area contributed by atoms with E-state index in [1.807, 2.05) is 12.1 Å². The molecular weight excluding hydrogens is 633 g/mol. The van der Waals surface area contributed by atoms with Crippen LogP contribution >= 0.6 is 46.3 Å². The minimum Gasteiger partial charge on any atom is -0.503 e. The third-order valence-corrected chi connectivity index (χ3v) is 9.49. The Hall–Kier alpha value is -4.03. The average Bonchev–Trinajstić information content (AvgIpc) is 3.72. The zero-order valence-corrected chi connectivity index (χ0v) is 25.7. The molecule has 0 bridgehead atoms. The first-order valence-corrected chi connectivity index (χ1v) is 15.3. The molecular formula is C30H21Cl2N3O6S2. The van der Waals surface area contributed by atoms with Crippen LogP contribution in [0.5, 0.6) is 11.5 Å². The molecule has 6 rings (SSSR count). The molecule has 9 nitrogen and oxygen atoms in total. The Morgan fingerprint density at radius 3 is 2.58 bits per heavy atom. The monoisotopic (exact) mass is 653 g/mol. The second-order valence-electron chi connectivity index (χ2n) is 9.31. The number of halogens is 2. The van der Waals surface area contributed by atoms with Gasteiger partial charge in [0.1, 0.15) is 5.58 Å². The van der Waals surface area contributed by atoms with E-state index in [1.165, 1.54) is 30.9 Å². The molecule has 43 heavy (non-hydrogen) atoms. The molecule has 218 valence electrons. The van der Waals surface area contributed by atoms with E-state index >= 15 is 0 Å². The number of thioether (sulfide) groups is 1. The quantitative estimate of drug-likeness (QED) is 0.0971. The number of ether oxygens (including phenoxy) is 2.